The van der Waals surface area contributed by atoms with Gasteiger partial charge in [0, 0.05) is 29.7 Å². The summed E-state index contributed by atoms with van der Waals surface area (Å²) < 4.78 is 128. The zero-order chi connectivity index (χ0) is 35.9. The second-order valence-electron chi connectivity index (χ2n) is 10.8. The lowest BCUT2D eigenvalue weighted by atomic mass is 9.69. The van der Waals surface area contributed by atoms with E-state index in [0.717, 1.165) is 18.2 Å². The number of carboxylic acids is 1. The second kappa shape index (κ2) is 13.2. The molecule has 20 heteroatoms. The second-order valence-corrected chi connectivity index (χ2v) is 15.3. The number of alkyl halides is 6. The molecule has 0 spiro atoms. The standard InChI is InChI=1S/C28H25Cl2F6N3O7S2/c29-20-6-1-17(2-7-20)26(24(40)41,18-3-8-21(30)9-4-18)19-5-10-22(38-47(43,44)27(31,32)33)23(15-19)37-16-25(42)11-13-39(14-12-25)48(45,46)28(34,35)36/h1-10,15,37-38,42H,11-14,16H2,(H,40,41). The van der Waals surface area contributed by atoms with Gasteiger partial charge in [0.2, 0.25) is 0 Å². The fourth-order valence-electron chi connectivity index (χ4n) is 5.21. The van der Waals surface area contributed by atoms with Crippen LogP contribution in [-0.4, -0.2) is 73.6 Å². The predicted molar refractivity (Wildman–Crippen MR) is 165 cm³/mol. The van der Waals surface area contributed by atoms with Gasteiger partial charge in [0.05, 0.1) is 17.0 Å². The molecular weight excluding hydrogens is 739 g/mol. The minimum Gasteiger partial charge on any atom is -0.480 e. The van der Waals surface area contributed by atoms with E-state index in [2.05, 4.69) is 5.32 Å². The lowest BCUT2D eigenvalue weighted by molar-refractivity contribution is -0.140. The molecule has 1 saturated heterocycles. The van der Waals surface area contributed by atoms with Gasteiger partial charge in [0.15, 0.2) is 0 Å². The number of halogens is 8. The largest absolute Gasteiger partial charge is 0.516 e. The Morgan fingerprint density at radius 3 is 1.65 bits per heavy atom. The zero-order valence-corrected chi connectivity index (χ0v) is 27.3. The average Bonchev–Trinajstić information content (AvgIpc) is 2.98. The van der Waals surface area contributed by atoms with Gasteiger partial charge >= 0.3 is 37.0 Å². The number of nitrogens with one attached hydrogen (secondary N) is 2. The van der Waals surface area contributed by atoms with Crippen LogP contribution in [0.25, 0.3) is 0 Å². The van der Waals surface area contributed by atoms with Crippen LogP contribution in [0.3, 0.4) is 0 Å². The summed E-state index contributed by atoms with van der Waals surface area (Å²) in [5, 5.41) is 24.9. The smallest absolute Gasteiger partial charge is 0.480 e. The number of carboxylic acid groups (broad SMARTS) is 1. The molecule has 1 aliphatic rings. The third kappa shape index (κ3) is 7.33. The Morgan fingerprint density at radius 2 is 1.23 bits per heavy atom. The van der Waals surface area contributed by atoms with Crippen molar-refractivity contribution < 1.29 is 58.2 Å². The summed E-state index contributed by atoms with van der Waals surface area (Å²) in [5.74, 6) is -1.47. The highest BCUT2D eigenvalue weighted by molar-refractivity contribution is 7.93. The number of anilines is 2. The molecule has 1 aliphatic heterocycles. The monoisotopic (exact) mass is 763 g/mol. The first-order chi connectivity index (χ1) is 22.0. The summed E-state index contributed by atoms with van der Waals surface area (Å²) in [4.78, 5) is 13.3. The van der Waals surface area contributed by atoms with Crippen molar-refractivity contribution in [2.45, 2.75) is 34.9 Å². The van der Waals surface area contributed by atoms with Gasteiger partial charge < -0.3 is 15.5 Å². The van der Waals surface area contributed by atoms with Crippen molar-refractivity contribution in [3.05, 3.63) is 93.5 Å². The van der Waals surface area contributed by atoms with E-state index in [1.807, 2.05) is 0 Å². The molecule has 0 bridgehead atoms. The van der Waals surface area contributed by atoms with E-state index in [4.69, 9.17) is 23.2 Å². The number of benzene rings is 3. The molecule has 10 nitrogen and oxygen atoms in total. The number of hydrogen-bond acceptors (Lipinski definition) is 7. The van der Waals surface area contributed by atoms with Gasteiger partial charge in [-0.25, -0.2) is 8.42 Å². The van der Waals surface area contributed by atoms with E-state index in [1.54, 1.807) is 0 Å². The molecule has 48 heavy (non-hydrogen) atoms. The van der Waals surface area contributed by atoms with Crippen LogP contribution >= 0.6 is 23.2 Å². The molecule has 0 amide bonds. The molecule has 0 aromatic heterocycles. The molecule has 3 aromatic carbocycles. The first-order valence-electron chi connectivity index (χ1n) is 13.6. The lowest BCUT2D eigenvalue weighted by Gasteiger charge is -2.38. The van der Waals surface area contributed by atoms with E-state index in [1.165, 1.54) is 53.3 Å². The summed E-state index contributed by atoms with van der Waals surface area (Å²) in [6.07, 6.45) is -1.10. The number of aliphatic carboxylic acids is 1. The van der Waals surface area contributed by atoms with Crippen molar-refractivity contribution >= 4 is 60.6 Å². The first-order valence-corrected chi connectivity index (χ1v) is 17.2. The van der Waals surface area contributed by atoms with Crippen molar-refractivity contribution in [3.8, 4) is 0 Å². The molecule has 0 radical (unpaired) electrons. The summed E-state index contributed by atoms with van der Waals surface area (Å²) in [5.41, 5.74) is -16.4. The van der Waals surface area contributed by atoms with Gasteiger partial charge in [0.1, 0.15) is 5.41 Å². The van der Waals surface area contributed by atoms with Crippen molar-refractivity contribution in [3.63, 3.8) is 0 Å². The minimum atomic E-state index is -6.03. The third-order valence-corrected chi connectivity index (χ3v) is 11.0. The number of hydrogen-bond donors (Lipinski definition) is 4. The predicted octanol–water partition coefficient (Wildman–Crippen LogP) is 5.76. The summed E-state index contributed by atoms with van der Waals surface area (Å²) in [6.45, 7) is -2.15. The average molecular weight is 765 g/mol. The van der Waals surface area contributed by atoms with Gasteiger partial charge in [-0.05, 0) is 65.9 Å². The summed E-state index contributed by atoms with van der Waals surface area (Å²) in [6, 6.07) is 14.2. The fourth-order valence-corrected chi connectivity index (χ4v) is 7.00. The van der Waals surface area contributed by atoms with Crippen LogP contribution in [-0.2, 0) is 30.3 Å². The molecule has 0 atom stereocenters. The fraction of sp³-hybridized carbons (Fsp3) is 0.321. The maximum Gasteiger partial charge on any atom is 0.516 e. The quantitative estimate of drug-likeness (QED) is 0.150. The molecule has 262 valence electrons. The molecular formula is C28H25Cl2F6N3O7S2. The van der Waals surface area contributed by atoms with Crippen molar-refractivity contribution in [1.29, 1.82) is 0 Å². The van der Waals surface area contributed by atoms with E-state index >= 15 is 0 Å². The highest BCUT2D eigenvalue weighted by atomic mass is 35.5. The molecule has 0 aliphatic carbocycles. The van der Waals surface area contributed by atoms with Crippen molar-refractivity contribution in [1.82, 2.24) is 4.31 Å². The lowest BCUT2D eigenvalue weighted by Crippen LogP contribution is -2.52. The number of aliphatic hydroxyl groups is 1. The number of carbonyl (C=O) groups is 1. The SMILES string of the molecule is O=C(O)C(c1ccc(Cl)cc1)(c1ccc(Cl)cc1)c1ccc(NS(=O)(=O)C(F)(F)F)c(NCC2(O)CCN(S(=O)(=O)C(F)(F)F)CC2)c1. The highest BCUT2D eigenvalue weighted by Gasteiger charge is 2.52. The van der Waals surface area contributed by atoms with Crippen LogP contribution in [0, 0.1) is 0 Å². The Kier molecular flexibility index (Phi) is 10.3. The van der Waals surface area contributed by atoms with Gasteiger partial charge in [-0.2, -0.15) is 39.1 Å². The van der Waals surface area contributed by atoms with Crippen LogP contribution in [0.1, 0.15) is 29.5 Å². The zero-order valence-electron chi connectivity index (χ0n) is 24.1. The molecule has 0 unspecified atom stereocenters. The van der Waals surface area contributed by atoms with Gasteiger partial charge in [-0.1, -0.05) is 53.5 Å². The van der Waals surface area contributed by atoms with E-state index in [-0.39, 0.29) is 31.0 Å². The van der Waals surface area contributed by atoms with Gasteiger partial charge in [-0.15, -0.1) is 0 Å². The Hall–Kier alpha value is -3.29. The van der Waals surface area contributed by atoms with Crippen LogP contribution in [0.4, 0.5) is 37.7 Å². The maximum absolute atomic E-state index is 13.3. The van der Waals surface area contributed by atoms with Crippen LogP contribution in [0.2, 0.25) is 10.0 Å². The van der Waals surface area contributed by atoms with Gasteiger partial charge in [-0.3, -0.25) is 9.52 Å². The number of sulfonamides is 2. The van der Waals surface area contributed by atoms with Crippen LogP contribution in [0.15, 0.2) is 66.7 Å². The van der Waals surface area contributed by atoms with E-state index < -0.39 is 91.9 Å². The van der Waals surface area contributed by atoms with Crippen LogP contribution < -0.4 is 10.0 Å². The van der Waals surface area contributed by atoms with Gasteiger partial charge in [0.25, 0.3) is 0 Å². The molecule has 1 heterocycles. The molecule has 4 rings (SSSR count). The van der Waals surface area contributed by atoms with Crippen molar-refractivity contribution in [2.75, 3.05) is 29.7 Å². The molecule has 3 aromatic rings. The number of rotatable bonds is 10. The number of nitrogens with zero attached hydrogens (tertiary/aromatic N) is 1. The summed E-state index contributed by atoms with van der Waals surface area (Å²) >= 11 is 12.1. The van der Waals surface area contributed by atoms with Crippen LogP contribution in [0.5, 0.6) is 0 Å². The highest BCUT2D eigenvalue weighted by Crippen LogP contribution is 2.43. The van der Waals surface area contributed by atoms with Crippen molar-refractivity contribution in [2.24, 2.45) is 0 Å². The Bertz CT molecular complexity index is 1840. The Labute approximate surface area is 280 Å². The Balaban J connectivity index is 1.82. The Morgan fingerprint density at radius 1 is 0.771 bits per heavy atom. The van der Waals surface area contributed by atoms with E-state index in [0.29, 0.717) is 0 Å². The topological polar surface area (TPSA) is 153 Å². The normalized spacial score (nSPS) is 16.4. The van der Waals surface area contributed by atoms with E-state index in [9.17, 15) is 58.2 Å². The minimum absolute atomic E-state index is 0.116. The number of piperidine rings is 1. The molecule has 1 fully saturated rings. The third-order valence-electron chi connectivity index (χ3n) is 7.77. The summed E-state index contributed by atoms with van der Waals surface area (Å²) in [7, 11) is -11.7. The first kappa shape index (κ1) is 37.5. The molecule has 0 saturated carbocycles. The maximum atomic E-state index is 13.3. The molecule has 4 N–H and O–H groups in total.